The van der Waals surface area contributed by atoms with Crippen molar-refractivity contribution in [1.82, 2.24) is 10.2 Å². The highest BCUT2D eigenvalue weighted by Crippen LogP contribution is 2.50. The molecule has 4 heteroatoms. The van der Waals surface area contributed by atoms with Gasteiger partial charge in [-0.15, -0.1) is 12.4 Å². The molecule has 0 aromatic heterocycles. The number of carbonyl (C=O) groups excluding carboxylic acids is 1. The Kier molecular flexibility index (Phi) is 5.13. The first-order valence-electron chi connectivity index (χ1n) is 7.78. The fourth-order valence-electron chi connectivity index (χ4n) is 3.96. The van der Waals surface area contributed by atoms with Gasteiger partial charge in [0.25, 0.3) is 0 Å². The van der Waals surface area contributed by atoms with Gasteiger partial charge < -0.3 is 10.2 Å². The molecule has 0 aromatic carbocycles. The number of hydrogen-bond acceptors (Lipinski definition) is 2. The van der Waals surface area contributed by atoms with Crippen LogP contribution in [0, 0.1) is 17.8 Å². The minimum atomic E-state index is 0. The van der Waals surface area contributed by atoms with Crippen molar-refractivity contribution >= 4 is 18.3 Å². The van der Waals surface area contributed by atoms with Crippen LogP contribution in [0.25, 0.3) is 0 Å². The Morgan fingerprint density at radius 1 is 1.21 bits per heavy atom. The molecule has 2 aliphatic carbocycles. The fourth-order valence-corrected chi connectivity index (χ4v) is 3.96. The molecule has 110 valence electrons. The molecule has 0 bridgehead atoms. The molecule has 0 spiro atoms. The average molecular weight is 287 g/mol. The molecule has 1 aliphatic heterocycles. The molecule has 3 aliphatic rings. The number of nitrogens with zero attached hydrogens (tertiary/aromatic N) is 1. The molecule has 19 heavy (non-hydrogen) atoms. The second-order valence-corrected chi connectivity index (χ2v) is 6.49. The Hall–Kier alpha value is -0.280. The molecule has 0 aromatic rings. The molecule has 1 saturated heterocycles. The largest absolute Gasteiger partial charge is 0.337 e. The second kappa shape index (κ2) is 6.45. The summed E-state index contributed by atoms with van der Waals surface area (Å²) in [7, 11) is 0. The first-order valence-corrected chi connectivity index (χ1v) is 7.78. The van der Waals surface area contributed by atoms with Crippen LogP contribution >= 0.6 is 12.4 Å². The van der Waals surface area contributed by atoms with Crippen molar-refractivity contribution in [1.29, 1.82) is 0 Å². The van der Waals surface area contributed by atoms with Gasteiger partial charge in [0.15, 0.2) is 0 Å². The van der Waals surface area contributed by atoms with Gasteiger partial charge in [0, 0.05) is 31.6 Å². The summed E-state index contributed by atoms with van der Waals surface area (Å²) in [5.74, 6) is 2.44. The molecule has 1 amide bonds. The maximum atomic E-state index is 12.5. The van der Waals surface area contributed by atoms with E-state index in [9.17, 15) is 4.79 Å². The molecule has 3 nitrogen and oxygen atoms in total. The third kappa shape index (κ3) is 3.25. The van der Waals surface area contributed by atoms with Crippen LogP contribution < -0.4 is 5.32 Å². The molecule has 1 heterocycles. The van der Waals surface area contributed by atoms with E-state index in [0.717, 1.165) is 31.5 Å². The van der Waals surface area contributed by atoms with E-state index in [0.29, 0.717) is 17.9 Å². The van der Waals surface area contributed by atoms with E-state index >= 15 is 0 Å². The zero-order valence-corrected chi connectivity index (χ0v) is 12.8. The molecular weight excluding hydrogens is 260 g/mol. The van der Waals surface area contributed by atoms with E-state index in [-0.39, 0.29) is 12.4 Å². The summed E-state index contributed by atoms with van der Waals surface area (Å²) in [5, 5.41) is 3.36. The van der Waals surface area contributed by atoms with Crippen LogP contribution in [0.4, 0.5) is 0 Å². The standard InChI is InChI=1S/C15H26N2O.ClH/c1-11-10-16-7-8-17(11)15(18)14-9-13(14)12-5-3-2-4-6-12;/h11-14,16H,2-10H2,1H3;1H/t11-,13?,14?;/m1./s1. The lowest BCUT2D eigenvalue weighted by Gasteiger charge is -2.34. The predicted molar refractivity (Wildman–Crippen MR) is 79.5 cm³/mol. The number of amides is 1. The van der Waals surface area contributed by atoms with Crippen molar-refractivity contribution in [3.8, 4) is 0 Å². The van der Waals surface area contributed by atoms with Gasteiger partial charge in [-0.05, 0) is 25.2 Å². The number of nitrogens with one attached hydrogen (secondary N) is 1. The van der Waals surface area contributed by atoms with Crippen molar-refractivity contribution in [2.45, 2.75) is 51.5 Å². The zero-order valence-electron chi connectivity index (χ0n) is 11.9. The van der Waals surface area contributed by atoms with Crippen molar-refractivity contribution in [2.75, 3.05) is 19.6 Å². The summed E-state index contributed by atoms with van der Waals surface area (Å²) in [6, 6.07) is 0.388. The molecule has 3 atom stereocenters. The Bertz CT molecular complexity index is 317. The minimum Gasteiger partial charge on any atom is -0.337 e. The van der Waals surface area contributed by atoms with Crippen LogP contribution in [-0.4, -0.2) is 36.5 Å². The first kappa shape index (κ1) is 15.1. The van der Waals surface area contributed by atoms with Crippen LogP contribution in [0.15, 0.2) is 0 Å². The lowest BCUT2D eigenvalue weighted by atomic mass is 9.85. The summed E-state index contributed by atoms with van der Waals surface area (Å²) in [4.78, 5) is 14.7. The van der Waals surface area contributed by atoms with Gasteiger partial charge in [0.1, 0.15) is 0 Å². The maximum Gasteiger partial charge on any atom is 0.226 e. The summed E-state index contributed by atoms with van der Waals surface area (Å²) < 4.78 is 0. The van der Waals surface area contributed by atoms with Gasteiger partial charge in [0.2, 0.25) is 5.91 Å². The molecule has 1 N–H and O–H groups in total. The Morgan fingerprint density at radius 2 is 1.95 bits per heavy atom. The number of rotatable bonds is 2. The minimum absolute atomic E-state index is 0. The van der Waals surface area contributed by atoms with Gasteiger partial charge in [-0.2, -0.15) is 0 Å². The quantitative estimate of drug-likeness (QED) is 0.846. The van der Waals surface area contributed by atoms with Crippen molar-refractivity contribution in [3.63, 3.8) is 0 Å². The van der Waals surface area contributed by atoms with Crippen LogP contribution in [0.3, 0.4) is 0 Å². The lowest BCUT2D eigenvalue weighted by molar-refractivity contribution is -0.135. The van der Waals surface area contributed by atoms with Crippen LogP contribution in [0.1, 0.15) is 45.4 Å². The van der Waals surface area contributed by atoms with E-state index in [1.165, 1.54) is 38.5 Å². The summed E-state index contributed by atoms with van der Waals surface area (Å²) >= 11 is 0. The molecule has 2 unspecified atom stereocenters. The third-order valence-corrected chi connectivity index (χ3v) is 5.20. The Morgan fingerprint density at radius 3 is 2.63 bits per heavy atom. The van der Waals surface area contributed by atoms with E-state index in [1.54, 1.807) is 0 Å². The molecule has 3 rings (SSSR count). The number of hydrogen-bond donors (Lipinski definition) is 1. The maximum absolute atomic E-state index is 12.5. The Balaban J connectivity index is 0.00000133. The van der Waals surface area contributed by atoms with Gasteiger partial charge >= 0.3 is 0 Å². The summed E-state index contributed by atoms with van der Waals surface area (Å²) in [6.07, 6.45) is 8.14. The number of piperazine rings is 1. The normalized spacial score (nSPS) is 35.6. The second-order valence-electron chi connectivity index (χ2n) is 6.49. The summed E-state index contributed by atoms with van der Waals surface area (Å²) in [5.41, 5.74) is 0. The predicted octanol–water partition coefficient (Wildman–Crippen LogP) is 2.44. The summed E-state index contributed by atoms with van der Waals surface area (Å²) in [6.45, 7) is 5.01. The fraction of sp³-hybridized carbons (Fsp3) is 0.933. The van der Waals surface area contributed by atoms with E-state index in [1.807, 2.05) is 0 Å². The van der Waals surface area contributed by atoms with Crippen LogP contribution in [-0.2, 0) is 4.79 Å². The topological polar surface area (TPSA) is 32.3 Å². The molecule has 2 saturated carbocycles. The van der Waals surface area contributed by atoms with Gasteiger partial charge in [0.05, 0.1) is 0 Å². The van der Waals surface area contributed by atoms with Crippen LogP contribution in [0.5, 0.6) is 0 Å². The number of halogens is 1. The molecular formula is C15H27ClN2O. The van der Waals surface area contributed by atoms with E-state index in [2.05, 4.69) is 17.1 Å². The van der Waals surface area contributed by atoms with E-state index < -0.39 is 0 Å². The van der Waals surface area contributed by atoms with E-state index in [4.69, 9.17) is 0 Å². The van der Waals surface area contributed by atoms with Crippen molar-refractivity contribution < 1.29 is 4.79 Å². The zero-order chi connectivity index (χ0) is 12.5. The highest BCUT2D eigenvalue weighted by molar-refractivity contribution is 5.85. The van der Waals surface area contributed by atoms with Crippen LogP contribution in [0.2, 0.25) is 0 Å². The lowest BCUT2D eigenvalue weighted by Crippen LogP contribution is -2.52. The smallest absolute Gasteiger partial charge is 0.226 e. The molecule has 0 radical (unpaired) electrons. The van der Waals surface area contributed by atoms with Crippen molar-refractivity contribution in [2.24, 2.45) is 17.8 Å². The first-order chi connectivity index (χ1) is 8.77. The average Bonchev–Trinajstić information content (AvgIpc) is 3.20. The number of carbonyl (C=O) groups is 1. The third-order valence-electron chi connectivity index (χ3n) is 5.20. The highest BCUT2D eigenvalue weighted by atomic mass is 35.5. The highest BCUT2D eigenvalue weighted by Gasteiger charge is 2.49. The van der Waals surface area contributed by atoms with Crippen molar-refractivity contribution in [3.05, 3.63) is 0 Å². The van der Waals surface area contributed by atoms with Gasteiger partial charge in [-0.1, -0.05) is 32.1 Å². The van der Waals surface area contributed by atoms with Gasteiger partial charge in [-0.3, -0.25) is 4.79 Å². The molecule has 3 fully saturated rings. The van der Waals surface area contributed by atoms with Gasteiger partial charge in [-0.25, -0.2) is 0 Å². The monoisotopic (exact) mass is 286 g/mol. The Labute approximate surface area is 122 Å². The SMILES string of the molecule is C[C@@H]1CNCCN1C(=O)C1CC1C1CCCCC1.Cl.